The lowest BCUT2D eigenvalue weighted by atomic mass is 9.95. The number of fused-ring (bicyclic) bond motifs is 2. The van der Waals surface area contributed by atoms with E-state index in [1.807, 2.05) is 38.1 Å². The third kappa shape index (κ3) is 7.69. The maximum atomic E-state index is 13.8. The average molecular weight is 621 g/mol. The number of nitrogens with zero attached hydrogens (tertiary/aromatic N) is 1. The normalized spacial score (nSPS) is 24.1. The first-order valence-electron chi connectivity index (χ1n) is 15.0. The van der Waals surface area contributed by atoms with Gasteiger partial charge in [0, 0.05) is 36.6 Å². The van der Waals surface area contributed by atoms with Crippen molar-refractivity contribution in [3.05, 3.63) is 36.0 Å². The SMILES string of the molecule is CCC(C)[C@@H]1NC(=O)[C@H](Cc2c[nH]c3ccccc23)NC(=O)[C@H](CCCCNC(=O)C(F)(F)F)NC(=O)[C@H]2CCCN2C1=O. The molecule has 3 heterocycles. The lowest BCUT2D eigenvalue weighted by molar-refractivity contribution is -0.173. The van der Waals surface area contributed by atoms with Crippen LogP contribution >= 0.6 is 0 Å². The predicted octanol–water partition coefficient (Wildman–Crippen LogP) is 2.06. The molecule has 5 amide bonds. The van der Waals surface area contributed by atoms with E-state index in [0.717, 1.165) is 16.5 Å². The van der Waals surface area contributed by atoms with Gasteiger partial charge in [0.25, 0.3) is 0 Å². The quantitative estimate of drug-likeness (QED) is 0.272. The van der Waals surface area contributed by atoms with Gasteiger partial charge in [-0.3, -0.25) is 24.0 Å². The molecule has 5 N–H and O–H groups in total. The molecule has 0 aliphatic carbocycles. The largest absolute Gasteiger partial charge is 0.471 e. The summed E-state index contributed by atoms with van der Waals surface area (Å²) in [5, 5.41) is 11.0. The van der Waals surface area contributed by atoms with Gasteiger partial charge >= 0.3 is 12.1 Å². The highest BCUT2D eigenvalue weighted by Crippen LogP contribution is 2.24. The summed E-state index contributed by atoms with van der Waals surface area (Å²) < 4.78 is 37.5. The highest BCUT2D eigenvalue weighted by molar-refractivity contribution is 5.98. The van der Waals surface area contributed by atoms with Crippen molar-refractivity contribution in [3.63, 3.8) is 0 Å². The van der Waals surface area contributed by atoms with Gasteiger partial charge in [0.1, 0.15) is 24.2 Å². The zero-order valence-electron chi connectivity index (χ0n) is 24.8. The zero-order valence-corrected chi connectivity index (χ0v) is 24.8. The van der Waals surface area contributed by atoms with Crippen LogP contribution in [0.5, 0.6) is 0 Å². The Bertz CT molecular complexity index is 1380. The Kier molecular flexibility index (Phi) is 10.5. The van der Waals surface area contributed by atoms with Crippen molar-refractivity contribution in [3.8, 4) is 0 Å². The van der Waals surface area contributed by atoms with Gasteiger partial charge < -0.3 is 31.2 Å². The molecule has 1 aromatic heterocycles. The molecule has 0 spiro atoms. The van der Waals surface area contributed by atoms with Crippen LogP contribution in [-0.2, 0) is 30.4 Å². The zero-order chi connectivity index (χ0) is 32.0. The van der Waals surface area contributed by atoms with Gasteiger partial charge in [-0.1, -0.05) is 38.5 Å². The fourth-order valence-corrected chi connectivity index (χ4v) is 5.73. The molecular weight excluding hydrogens is 581 g/mol. The summed E-state index contributed by atoms with van der Waals surface area (Å²) >= 11 is 0. The Balaban J connectivity index is 1.59. The lowest BCUT2D eigenvalue weighted by Gasteiger charge is -2.34. The van der Waals surface area contributed by atoms with Crippen LogP contribution in [0.15, 0.2) is 30.5 Å². The van der Waals surface area contributed by atoms with Crippen LogP contribution in [0.3, 0.4) is 0 Å². The summed E-state index contributed by atoms with van der Waals surface area (Å²) in [5.41, 5.74) is 1.61. The second kappa shape index (κ2) is 14.1. The highest BCUT2D eigenvalue weighted by atomic mass is 19.4. The molecule has 240 valence electrons. The van der Waals surface area contributed by atoms with Crippen LogP contribution in [0, 0.1) is 5.92 Å². The average Bonchev–Trinajstić information content (AvgIpc) is 3.64. The van der Waals surface area contributed by atoms with Gasteiger partial charge in [-0.15, -0.1) is 0 Å². The summed E-state index contributed by atoms with van der Waals surface area (Å²) in [4.78, 5) is 70.4. The molecule has 2 fully saturated rings. The fraction of sp³-hybridized carbons (Fsp3) is 0.567. The molecule has 11 nitrogen and oxygen atoms in total. The molecule has 4 rings (SSSR count). The first-order valence-corrected chi connectivity index (χ1v) is 15.0. The van der Waals surface area contributed by atoms with Gasteiger partial charge in [0.2, 0.25) is 23.6 Å². The third-order valence-electron chi connectivity index (χ3n) is 8.44. The maximum Gasteiger partial charge on any atom is 0.471 e. The number of para-hydroxylation sites is 1. The number of nitrogens with one attached hydrogen (secondary N) is 5. The summed E-state index contributed by atoms with van der Waals surface area (Å²) in [6.07, 6.45) is -1.25. The summed E-state index contributed by atoms with van der Waals surface area (Å²) in [6, 6.07) is 3.54. The Hall–Kier alpha value is -4.10. The molecule has 1 aromatic carbocycles. The van der Waals surface area contributed by atoms with Crippen molar-refractivity contribution >= 4 is 40.4 Å². The number of hydrogen-bond acceptors (Lipinski definition) is 5. The Morgan fingerprint density at radius 2 is 1.73 bits per heavy atom. The van der Waals surface area contributed by atoms with E-state index in [4.69, 9.17) is 0 Å². The minimum Gasteiger partial charge on any atom is -0.361 e. The number of H-pyrrole nitrogens is 1. The van der Waals surface area contributed by atoms with Crippen molar-refractivity contribution < 1.29 is 37.1 Å². The molecule has 2 aliphatic rings. The molecule has 2 saturated heterocycles. The number of rotatable bonds is 9. The first-order chi connectivity index (χ1) is 20.9. The first kappa shape index (κ1) is 32.8. The lowest BCUT2D eigenvalue weighted by Crippen LogP contribution is -2.62. The highest BCUT2D eigenvalue weighted by Gasteiger charge is 2.42. The summed E-state index contributed by atoms with van der Waals surface area (Å²) in [6.45, 7) is 3.81. The smallest absolute Gasteiger partial charge is 0.361 e. The molecule has 14 heteroatoms. The number of amides is 5. The minimum atomic E-state index is -5.00. The molecule has 5 atom stereocenters. The second-order valence-corrected chi connectivity index (χ2v) is 11.5. The van der Waals surface area contributed by atoms with Gasteiger partial charge in [-0.05, 0) is 49.7 Å². The standard InChI is InChI=1S/C30H39F3N6O5/c1-3-17(2)24-28(43)39-14-8-12-23(39)27(42)36-21(11-6-7-13-34-29(44)30(31,32)33)25(40)37-22(26(41)38-24)15-18-16-35-20-10-5-4-9-19(18)20/h4-5,9-10,16-17,21-24,35H,3,6-8,11-15H2,1-2H3,(H,34,44)(H,36,42)(H,37,40)(H,38,41)/t17?,21-,22-,23+,24-/m0/s1. The number of unbranched alkanes of at least 4 members (excludes halogenated alkanes) is 1. The number of aromatic nitrogens is 1. The van der Waals surface area contributed by atoms with E-state index in [9.17, 15) is 37.1 Å². The maximum absolute atomic E-state index is 13.8. The Morgan fingerprint density at radius 1 is 1.02 bits per heavy atom. The predicted molar refractivity (Wildman–Crippen MR) is 155 cm³/mol. The van der Waals surface area contributed by atoms with Crippen LogP contribution in [-0.4, -0.2) is 82.9 Å². The molecule has 0 radical (unpaired) electrons. The number of halogens is 3. The van der Waals surface area contributed by atoms with Crippen LogP contribution < -0.4 is 21.3 Å². The van der Waals surface area contributed by atoms with E-state index in [0.29, 0.717) is 25.8 Å². The van der Waals surface area contributed by atoms with Crippen molar-refractivity contribution in [2.75, 3.05) is 13.1 Å². The van der Waals surface area contributed by atoms with Gasteiger partial charge in [-0.25, -0.2) is 0 Å². The molecule has 44 heavy (non-hydrogen) atoms. The summed E-state index contributed by atoms with van der Waals surface area (Å²) in [7, 11) is 0. The second-order valence-electron chi connectivity index (χ2n) is 11.5. The Morgan fingerprint density at radius 3 is 2.45 bits per heavy atom. The van der Waals surface area contributed by atoms with Gasteiger partial charge in [0.15, 0.2) is 0 Å². The number of hydrogen-bond donors (Lipinski definition) is 5. The van der Waals surface area contributed by atoms with E-state index in [1.165, 1.54) is 4.90 Å². The molecule has 2 aliphatic heterocycles. The molecule has 0 bridgehead atoms. The van der Waals surface area contributed by atoms with Crippen molar-refractivity contribution in [1.29, 1.82) is 0 Å². The van der Waals surface area contributed by atoms with Crippen molar-refractivity contribution in [2.45, 2.75) is 89.1 Å². The fourth-order valence-electron chi connectivity index (χ4n) is 5.73. The third-order valence-corrected chi connectivity index (χ3v) is 8.44. The minimum absolute atomic E-state index is 0.0387. The van der Waals surface area contributed by atoms with E-state index in [-0.39, 0.29) is 44.1 Å². The number of benzene rings is 1. The monoisotopic (exact) mass is 620 g/mol. The van der Waals surface area contributed by atoms with E-state index in [2.05, 4.69) is 20.9 Å². The van der Waals surface area contributed by atoms with E-state index in [1.54, 1.807) is 11.5 Å². The number of carbonyl (C=O) groups excluding carboxylic acids is 5. The van der Waals surface area contributed by atoms with E-state index >= 15 is 0 Å². The molecule has 0 saturated carbocycles. The topological polar surface area (TPSA) is 152 Å². The van der Waals surface area contributed by atoms with E-state index < -0.39 is 54.0 Å². The van der Waals surface area contributed by atoms with Crippen LogP contribution in [0.1, 0.15) is 57.9 Å². The van der Waals surface area contributed by atoms with Crippen molar-refractivity contribution in [2.24, 2.45) is 5.92 Å². The molecule has 1 unspecified atom stereocenters. The number of aromatic amines is 1. The molecule has 2 aromatic rings. The number of carbonyl (C=O) groups is 5. The molecular formula is C30H39F3N6O5. The van der Waals surface area contributed by atoms with Crippen LogP contribution in [0.25, 0.3) is 10.9 Å². The summed E-state index contributed by atoms with van der Waals surface area (Å²) in [5.74, 6) is -4.34. The van der Waals surface area contributed by atoms with Crippen LogP contribution in [0.4, 0.5) is 13.2 Å². The number of alkyl halides is 3. The van der Waals surface area contributed by atoms with Gasteiger partial charge in [-0.2, -0.15) is 13.2 Å². The van der Waals surface area contributed by atoms with Gasteiger partial charge in [0.05, 0.1) is 0 Å². The Labute approximate surface area is 253 Å². The van der Waals surface area contributed by atoms with Crippen LogP contribution in [0.2, 0.25) is 0 Å². The van der Waals surface area contributed by atoms with Crippen molar-refractivity contribution in [1.82, 2.24) is 31.2 Å².